The van der Waals surface area contributed by atoms with Crippen LogP contribution in [0.5, 0.6) is 161 Å². The summed E-state index contributed by atoms with van der Waals surface area (Å²) in [6, 6.07) is 4.58. The van der Waals surface area contributed by atoms with Gasteiger partial charge >= 0.3 is 65.5 Å². The SMILES string of the molecule is O=C1O[C@H]2[C@@H]3OC(=O)c4cc(O)c(O)c(O)c4-c4c(cc(Oc5c(C(=O)O[C@H]6[C@H](OC(=O)c7cc(O)c(O)c(O)c7)O[C@H](COC(=O)c7cc(O)c(O)c(O)c7)[C@@H](OC(=O)c7cc(O)c(O)c(O)c7)[C@@H]6OC(=O)c6cc(O)c(O)c(O)c6)cc(O)c(O)c5O)c(O)c4O)C(=O)OC[C@H]2O[C@@H](OC(=O)c2cc(O)c(O)c(O)c2)[C@@H]3OC(=O)c2cc(O)c(O)c3c2[C@@H]2C1=CC(=O)[C@](O)(O3)C2(O)O. The van der Waals surface area contributed by atoms with Gasteiger partial charge in [0.1, 0.15) is 31.0 Å². The number of cyclic esters (lactones) is 1. The fraction of sp³-hybridized carbons (Fsp3) is 0.183. The van der Waals surface area contributed by atoms with E-state index in [0.29, 0.717) is 60.7 Å². The maximum Gasteiger partial charge on any atom is 0.342 e. The Balaban J connectivity index is 0.874. The molecule has 15 rings (SSSR count). The minimum absolute atomic E-state index is 0.0421. The quantitative estimate of drug-likeness (QED) is 0.0294. The smallest absolute Gasteiger partial charge is 0.342 e. The Kier molecular flexibility index (Phi) is 22.4. The normalized spacial score (nSPS) is 21.8. The van der Waals surface area contributed by atoms with Crippen LogP contribution >= 0.6 is 0 Å². The minimum Gasteiger partial charge on any atom is -0.504 e. The van der Waals surface area contributed by atoms with E-state index in [1.165, 1.54) is 0 Å². The standard InChI is InChI=1S/C82H58O53/c83-28-1-18(2-29(84)49(28)97)69(109)122-16-42-62(127-70(110)19-3-30(85)50(98)31(86)4-19)65(129-71(111)20-5-32(87)51(99)33(88)6-20)67(79(125-42)133-72(112)21-7-34(89)52(100)35(90)8-21)132-78(118)27-13-39(94)55(103)60(108)61(27)124-41-14-25-46(59(107)57(41)105)45-23(11-38(93)54(102)58(45)106)75(115)130-66-63-43(17-123-74(25)114)126-80(134-73(113)22-9-36(91)53(101)37(92)10-22)68(66)131-76(116)24-12-40(95)56(104)64-47(24)48-26(77(117)128-63)15-44(96)82(121,135-64)81(48,119)120/h1-15,42-43,48,62-63,65-68,79-80,83-95,97-108,119-121H,16-17H2/t42-,43-,48+,62-,63-,65+,66+,67-,68-,79+,80+,82+/m1/s1. The largest absolute Gasteiger partial charge is 0.504 e. The molecule has 12 atom stereocenters. The third-order valence-electron chi connectivity index (χ3n) is 21.3. The Bertz CT molecular complexity index is 6630. The van der Waals surface area contributed by atoms with Crippen molar-refractivity contribution in [1.29, 1.82) is 0 Å². The summed E-state index contributed by atoms with van der Waals surface area (Å²) in [6.45, 7) is -3.29. The minimum atomic E-state index is -4.21. The molecule has 28 N–H and O–H groups in total. The van der Waals surface area contributed by atoms with E-state index < -0.39 is 391 Å². The summed E-state index contributed by atoms with van der Waals surface area (Å²) in [7, 11) is 0. The zero-order valence-corrected chi connectivity index (χ0v) is 66.2. The number of ketones is 1. The van der Waals surface area contributed by atoms with E-state index in [1.54, 1.807) is 0 Å². The van der Waals surface area contributed by atoms with Gasteiger partial charge in [0, 0.05) is 28.8 Å². The zero-order chi connectivity index (χ0) is 98.3. The molecule has 1 aliphatic carbocycles. The van der Waals surface area contributed by atoms with E-state index in [2.05, 4.69) is 0 Å². The lowest BCUT2D eigenvalue weighted by atomic mass is 9.70. The van der Waals surface area contributed by atoms with Gasteiger partial charge in [-0.05, 0) is 78.9 Å². The average molecular weight is 1890 g/mol. The highest BCUT2D eigenvalue weighted by Crippen LogP contribution is 2.61. The van der Waals surface area contributed by atoms with Crippen molar-refractivity contribution in [2.24, 2.45) is 0 Å². The predicted octanol–water partition coefficient (Wildman–Crippen LogP) is 0.985. The van der Waals surface area contributed by atoms with Crippen molar-refractivity contribution in [1.82, 2.24) is 0 Å². The second-order valence-electron chi connectivity index (χ2n) is 29.6. The van der Waals surface area contributed by atoms with Crippen LogP contribution < -0.4 is 9.47 Å². The molecule has 5 aliphatic heterocycles. The molecular weight excluding hydrogens is 1830 g/mol. The highest BCUT2D eigenvalue weighted by atomic mass is 16.8. The number of hydrogen-bond donors (Lipinski definition) is 28. The van der Waals surface area contributed by atoms with Crippen molar-refractivity contribution < 1.29 is 262 Å². The van der Waals surface area contributed by atoms with Crippen molar-refractivity contribution in [3.05, 3.63) is 152 Å². The van der Waals surface area contributed by atoms with Crippen LogP contribution in [-0.4, -0.2) is 295 Å². The molecular formula is C82H58O53. The van der Waals surface area contributed by atoms with Gasteiger partial charge in [0.2, 0.25) is 59.3 Å². The number of rotatable bonds is 15. The highest BCUT2D eigenvalue weighted by molar-refractivity contribution is 6.11. The third-order valence-corrected chi connectivity index (χ3v) is 21.3. The van der Waals surface area contributed by atoms with Crippen molar-refractivity contribution in [2.45, 2.75) is 78.9 Å². The first-order valence-corrected chi connectivity index (χ1v) is 37.5. The van der Waals surface area contributed by atoms with Gasteiger partial charge in [0.05, 0.1) is 56.0 Å². The van der Waals surface area contributed by atoms with Gasteiger partial charge in [0.25, 0.3) is 5.79 Å². The van der Waals surface area contributed by atoms with Crippen LogP contribution in [0.2, 0.25) is 0 Å². The van der Waals surface area contributed by atoms with Crippen molar-refractivity contribution >= 4 is 65.5 Å². The fourth-order valence-electron chi connectivity index (χ4n) is 14.7. The summed E-state index contributed by atoms with van der Waals surface area (Å²) in [5, 5.41) is 307. The van der Waals surface area contributed by atoms with Gasteiger partial charge in [0.15, 0.2) is 157 Å². The van der Waals surface area contributed by atoms with Gasteiger partial charge < -0.3 is 209 Å². The Morgan fingerprint density at radius 2 is 0.748 bits per heavy atom. The molecule has 2 saturated heterocycles. The van der Waals surface area contributed by atoms with E-state index in [4.69, 9.17) is 66.3 Å². The number of aromatic hydroxyl groups is 25. The number of esters is 10. The van der Waals surface area contributed by atoms with Crippen molar-refractivity contribution in [3.63, 3.8) is 0 Å². The first-order valence-electron chi connectivity index (χ1n) is 37.5. The molecule has 0 amide bonds. The maximum absolute atomic E-state index is 15.7. The molecule has 0 saturated carbocycles. The lowest BCUT2D eigenvalue weighted by Crippen LogP contribution is -2.70. The summed E-state index contributed by atoms with van der Waals surface area (Å²) >= 11 is 0. The lowest BCUT2D eigenvalue weighted by molar-refractivity contribution is -0.339. The number of carbonyl (C=O) groups is 11. The molecule has 2 fully saturated rings. The molecule has 53 heteroatoms. The second kappa shape index (κ2) is 33.2. The van der Waals surface area contributed by atoms with Crippen LogP contribution in [0.1, 0.15) is 105 Å². The highest BCUT2D eigenvalue weighted by Gasteiger charge is 2.71. The molecule has 0 aromatic heterocycles. The molecule has 9 aromatic rings. The molecule has 5 heterocycles. The van der Waals surface area contributed by atoms with Crippen molar-refractivity contribution in [3.8, 4) is 172 Å². The van der Waals surface area contributed by atoms with Crippen LogP contribution in [0, 0.1) is 0 Å². The number of aliphatic hydroxyl groups is 3. The number of phenols is 25. The summed E-state index contributed by atoms with van der Waals surface area (Å²) in [5.74, 6) is -74.8. The third kappa shape index (κ3) is 15.5. The van der Waals surface area contributed by atoms with E-state index in [0.717, 1.165) is 0 Å². The van der Waals surface area contributed by atoms with E-state index in [9.17, 15) is 172 Å². The Hall–Kier alpha value is -18.5. The maximum atomic E-state index is 15.7. The van der Waals surface area contributed by atoms with Crippen LogP contribution in [0.3, 0.4) is 0 Å². The number of hydrogen-bond acceptors (Lipinski definition) is 53. The fourth-order valence-corrected chi connectivity index (χ4v) is 14.7. The summed E-state index contributed by atoms with van der Waals surface area (Å²) in [6.07, 6.45) is -28.7. The molecule has 6 bridgehead atoms. The topological polar surface area (TPSA) is 883 Å². The predicted molar refractivity (Wildman–Crippen MR) is 412 cm³/mol. The molecule has 704 valence electrons. The average Bonchev–Trinajstić information content (AvgIpc) is 1.32. The van der Waals surface area contributed by atoms with Gasteiger partial charge in [-0.1, -0.05) is 0 Å². The first kappa shape index (κ1) is 91.2. The molecule has 0 radical (unpaired) electrons. The van der Waals surface area contributed by atoms with Crippen LogP contribution in [0.25, 0.3) is 11.1 Å². The summed E-state index contributed by atoms with van der Waals surface area (Å²) in [4.78, 5) is 163. The molecule has 0 unspecified atom stereocenters. The summed E-state index contributed by atoms with van der Waals surface area (Å²) < 4.78 is 79.7. The van der Waals surface area contributed by atoms with Crippen LogP contribution in [0.4, 0.5) is 0 Å². The number of benzene rings is 9. The number of ether oxygens (including phenoxy) is 14. The van der Waals surface area contributed by atoms with Gasteiger partial charge in [-0.25, -0.2) is 47.9 Å². The molecule has 135 heavy (non-hydrogen) atoms. The molecule has 9 aromatic carbocycles. The molecule has 6 aliphatic rings. The second-order valence-corrected chi connectivity index (χ2v) is 29.6. The van der Waals surface area contributed by atoms with Gasteiger partial charge in [-0.2, -0.15) is 0 Å². The van der Waals surface area contributed by atoms with Crippen LogP contribution in [0.15, 0.2) is 96.6 Å². The Morgan fingerprint density at radius 1 is 0.356 bits per heavy atom. The van der Waals surface area contributed by atoms with Crippen molar-refractivity contribution in [2.75, 3.05) is 13.2 Å². The molecule has 0 spiro atoms. The molecule has 53 nitrogen and oxygen atoms in total. The van der Waals surface area contributed by atoms with E-state index >= 15 is 24.0 Å². The zero-order valence-electron chi connectivity index (χ0n) is 66.2. The monoisotopic (exact) mass is 1890 g/mol. The van der Waals surface area contributed by atoms with E-state index in [1.807, 2.05) is 0 Å². The van der Waals surface area contributed by atoms with Gasteiger partial charge in [-0.15, -0.1) is 0 Å². The Morgan fingerprint density at radius 3 is 1.25 bits per heavy atom. The van der Waals surface area contributed by atoms with E-state index in [-0.39, 0.29) is 30.3 Å². The number of carbonyl (C=O) groups excluding carboxylic acids is 11. The first-order chi connectivity index (χ1) is 63.4. The summed E-state index contributed by atoms with van der Waals surface area (Å²) in [5.41, 5.74) is -16.7. The van der Waals surface area contributed by atoms with Crippen LogP contribution in [-0.2, 0) is 66.4 Å². The van der Waals surface area contributed by atoms with Gasteiger partial charge in [-0.3, -0.25) is 4.79 Å². The lowest BCUT2D eigenvalue weighted by Gasteiger charge is -2.49. The number of fused-ring (bicyclic) bond motifs is 4. The Labute approximate surface area is 741 Å². The number of phenolic OH excluding ortho intramolecular Hbond substituents is 25.